The maximum Gasteiger partial charge on any atom is 0.0871 e. The maximum atomic E-state index is 10.6. The van der Waals surface area contributed by atoms with Gasteiger partial charge in [0, 0.05) is 22.0 Å². The van der Waals surface area contributed by atoms with Gasteiger partial charge < -0.3 is 10.8 Å². The maximum absolute atomic E-state index is 10.6. The predicted octanol–water partition coefficient (Wildman–Crippen LogP) is 4.19. The normalized spacial score (nSPS) is 14.1. The van der Waals surface area contributed by atoms with Gasteiger partial charge in [-0.1, -0.05) is 51.8 Å². The van der Waals surface area contributed by atoms with Crippen LogP contribution in [-0.4, -0.2) is 11.7 Å². The van der Waals surface area contributed by atoms with Crippen LogP contribution in [0, 0.1) is 6.92 Å². The molecular formula is C16H17BrClNO. The lowest BCUT2D eigenvalue weighted by Gasteiger charge is -2.23. The number of benzene rings is 2. The Hall–Kier alpha value is -0.870. The summed E-state index contributed by atoms with van der Waals surface area (Å²) in [5.74, 6) is -0.151. The van der Waals surface area contributed by atoms with Crippen LogP contribution >= 0.6 is 27.5 Å². The standard InChI is InChI=1S/C16H17BrClNO/c1-10-2-3-12(8-15(10)17)16(20)14(9-19)11-4-6-13(18)7-5-11/h2-8,14,16,20H,9,19H2,1H3. The summed E-state index contributed by atoms with van der Waals surface area (Å²) in [6.07, 6.45) is -0.641. The zero-order valence-corrected chi connectivity index (χ0v) is 13.5. The summed E-state index contributed by atoms with van der Waals surface area (Å²) < 4.78 is 0.987. The van der Waals surface area contributed by atoms with Crippen molar-refractivity contribution in [3.05, 3.63) is 68.7 Å². The molecule has 2 atom stereocenters. The minimum absolute atomic E-state index is 0.151. The van der Waals surface area contributed by atoms with Crippen molar-refractivity contribution in [1.29, 1.82) is 0 Å². The van der Waals surface area contributed by atoms with E-state index in [9.17, 15) is 5.11 Å². The molecule has 106 valence electrons. The Labute approximate surface area is 132 Å². The van der Waals surface area contributed by atoms with Gasteiger partial charge in [0.05, 0.1) is 6.10 Å². The van der Waals surface area contributed by atoms with E-state index in [1.807, 2.05) is 49.4 Å². The van der Waals surface area contributed by atoms with Crippen molar-refractivity contribution >= 4 is 27.5 Å². The Morgan fingerprint density at radius 2 is 1.75 bits per heavy atom. The van der Waals surface area contributed by atoms with Gasteiger partial charge in [-0.05, 0) is 41.8 Å². The van der Waals surface area contributed by atoms with E-state index in [-0.39, 0.29) is 5.92 Å². The summed E-state index contributed by atoms with van der Waals surface area (Å²) in [4.78, 5) is 0. The van der Waals surface area contributed by atoms with Gasteiger partial charge in [0.25, 0.3) is 0 Å². The molecule has 3 N–H and O–H groups in total. The number of nitrogens with two attached hydrogens (primary N) is 1. The quantitative estimate of drug-likeness (QED) is 0.865. The van der Waals surface area contributed by atoms with E-state index >= 15 is 0 Å². The van der Waals surface area contributed by atoms with Crippen LogP contribution in [-0.2, 0) is 0 Å². The van der Waals surface area contributed by atoms with Gasteiger partial charge in [-0.2, -0.15) is 0 Å². The van der Waals surface area contributed by atoms with Gasteiger partial charge in [-0.15, -0.1) is 0 Å². The van der Waals surface area contributed by atoms with Crippen LogP contribution in [0.1, 0.15) is 28.7 Å². The predicted molar refractivity (Wildman–Crippen MR) is 87.1 cm³/mol. The van der Waals surface area contributed by atoms with Crippen molar-refractivity contribution in [3.8, 4) is 0 Å². The minimum atomic E-state index is -0.641. The lowest BCUT2D eigenvalue weighted by Crippen LogP contribution is -2.20. The highest BCUT2D eigenvalue weighted by molar-refractivity contribution is 9.10. The highest BCUT2D eigenvalue weighted by Gasteiger charge is 2.21. The van der Waals surface area contributed by atoms with Crippen LogP contribution in [0.15, 0.2) is 46.9 Å². The fraction of sp³-hybridized carbons (Fsp3) is 0.250. The second-order valence-electron chi connectivity index (χ2n) is 4.85. The van der Waals surface area contributed by atoms with Crippen molar-refractivity contribution in [1.82, 2.24) is 0 Å². The topological polar surface area (TPSA) is 46.2 Å². The summed E-state index contributed by atoms with van der Waals surface area (Å²) in [7, 11) is 0. The molecular weight excluding hydrogens is 338 g/mol. The molecule has 0 saturated carbocycles. The van der Waals surface area contributed by atoms with Crippen LogP contribution in [0.2, 0.25) is 5.02 Å². The van der Waals surface area contributed by atoms with Crippen LogP contribution < -0.4 is 5.73 Å². The van der Waals surface area contributed by atoms with E-state index in [4.69, 9.17) is 17.3 Å². The van der Waals surface area contributed by atoms with E-state index in [1.165, 1.54) is 0 Å². The van der Waals surface area contributed by atoms with Crippen LogP contribution in [0.25, 0.3) is 0 Å². The smallest absolute Gasteiger partial charge is 0.0871 e. The highest BCUT2D eigenvalue weighted by atomic mass is 79.9. The summed E-state index contributed by atoms with van der Waals surface area (Å²) in [6.45, 7) is 2.38. The molecule has 0 aliphatic carbocycles. The average Bonchev–Trinajstić information content (AvgIpc) is 2.44. The Bertz CT molecular complexity index is 586. The fourth-order valence-electron chi connectivity index (χ4n) is 2.18. The first-order valence-electron chi connectivity index (χ1n) is 6.42. The molecule has 20 heavy (non-hydrogen) atoms. The zero-order chi connectivity index (χ0) is 14.7. The van der Waals surface area contributed by atoms with Crippen LogP contribution in [0.3, 0.4) is 0 Å². The number of hydrogen-bond acceptors (Lipinski definition) is 2. The van der Waals surface area contributed by atoms with E-state index in [0.29, 0.717) is 11.6 Å². The molecule has 0 heterocycles. The van der Waals surface area contributed by atoms with Crippen molar-refractivity contribution in [2.45, 2.75) is 18.9 Å². The largest absolute Gasteiger partial charge is 0.388 e. The molecule has 0 aliphatic heterocycles. The van der Waals surface area contributed by atoms with E-state index in [0.717, 1.165) is 21.2 Å². The third-order valence-electron chi connectivity index (χ3n) is 3.47. The average molecular weight is 355 g/mol. The van der Waals surface area contributed by atoms with Gasteiger partial charge >= 0.3 is 0 Å². The number of aliphatic hydroxyl groups is 1. The molecule has 0 spiro atoms. The molecule has 0 bridgehead atoms. The molecule has 2 unspecified atom stereocenters. The molecule has 0 saturated heterocycles. The molecule has 0 amide bonds. The summed E-state index contributed by atoms with van der Waals surface area (Å²) >= 11 is 9.39. The monoisotopic (exact) mass is 353 g/mol. The van der Waals surface area contributed by atoms with E-state index in [1.54, 1.807) is 0 Å². The Morgan fingerprint density at radius 1 is 1.15 bits per heavy atom. The van der Waals surface area contributed by atoms with Gasteiger partial charge in [-0.3, -0.25) is 0 Å². The van der Waals surface area contributed by atoms with E-state index in [2.05, 4.69) is 15.9 Å². The van der Waals surface area contributed by atoms with Gasteiger partial charge in [-0.25, -0.2) is 0 Å². The zero-order valence-electron chi connectivity index (χ0n) is 11.2. The number of halogens is 2. The molecule has 2 nitrogen and oxygen atoms in total. The number of rotatable bonds is 4. The lowest BCUT2D eigenvalue weighted by molar-refractivity contribution is 0.147. The van der Waals surface area contributed by atoms with Crippen molar-refractivity contribution in [2.24, 2.45) is 5.73 Å². The molecule has 4 heteroatoms. The Morgan fingerprint density at radius 3 is 2.30 bits per heavy atom. The SMILES string of the molecule is Cc1ccc(C(O)C(CN)c2ccc(Cl)cc2)cc1Br. The molecule has 0 fully saturated rings. The van der Waals surface area contributed by atoms with Crippen molar-refractivity contribution in [3.63, 3.8) is 0 Å². The lowest BCUT2D eigenvalue weighted by atomic mass is 9.89. The van der Waals surface area contributed by atoms with E-state index < -0.39 is 6.10 Å². The molecule has 2 aromatic carbocycles. The highest BCUT2D eigenvalue weighted by Crippen LogP contribution is 2.32. The second kappa shape index (κ2) is 6.72. The van der Waals surface area contributed by atoms with Crippen LogP contribution in [0.5, 0.6) is 0 Å². The van der Waals surface area contributed by atoms with Gasteiger partial charge in [0.2, 0.25) is 0 Å². The molecule has 0 aromatic heterocycles. The third-order valence-corrected chi connectivity index (χ3v) is 4.58. The molecule has 0 aliphatic rings. The molecule has 2 rings (SSSR count). The summed E-state index contributed by atoms with van der Waals surface area (Å²) in [5, 5.41) is 11.3. The Balaban J connectivity index is 2.30. The number of aryl methyl sites for hydroxylation is 1. The first-order valence-corrected chi connectivity index (χ1v) is 7.59. The van der Waals surface area contributed by atoms with Crippen molar-refractivity contribution in [2.75, 3.05) is 6.54 Å². The second-order valence-corrected chi connectivity index (χ2v) is 6.14. The summed E-state index contributed by atoms with van der Waals surface area (Å²) in [5.41, 5.74) is 8.82. The molecule has 2 aromatic rings. The Kier molecular flexibility index (Phi) is 5.22. The minimum Gasteiger partial charge on any atom is -0.388 e. The number of aliphatic hydroxyl groups excluding tert-OH is 1. The first-order chi connectivity index (χ1) is 9.52. The fourth-order valence-corrected chi connectivity index (χ4v) is 2.71. The summed E-state index contributed by atoms with van der Waals surface area (Å²) in [6, 6.07) is 13.3. The van der Waals surface area contributed by atoms with Gasteiger partial charge in [0.15, 0.2) is 0 Å². The third kappa shape index (κ3) is 3.41. The van der Waals surface area contributed by atoms with Gasteiger partial charge in [0.1, 0.15) is 0 Å². The van der Waals surface area contributed by atoms with Crippen LogP contribution in [0.4, 0.5) is 0 Å². The number of hydrogen-bond donors (Lipinski definition) is 2. The van der Waals surface area contributed by atoms with Crippen molar-refractivity contribution < 1.29 is 5.11 Å². The first kappa shape index (κ1) is 15.5. The molecule has 0 radical (unpaired) electrons.